The van der Waals surface area contributed by atoms with E-state index in [0.717, 1.165) is 0 Å². The first-order valence-electron chi connectivity index (χ1n) is 7.11. The second-order valence-electron chi connectivity index (χ2n) is 4.97. The number of benzene rings is 1. The smallest absolute Gasteiger partial charge is 0.262 e. The molecule has 2 rings (SSSR count). The molecule has 0 unspecified atom stereocenters. The van der Waals surface area contributed by atoms with Gasteiger partial charge in [-0.3, -0.25) is 9.59 Å². The molecule has 0 aliphatic heterocycles. The van der Waals surface area contributed by atoms with Crippen molar-refractivity contribution in [2.75, 3.05) is 18.5 Å². The third kappa shape index (κ3) is 4.50. The van der Waals surface area contributed by atoms with Crippen LogP contribution in [0.5, 0.6) is 5.75 Å². The van der Waals surface area contributed by atoms with Crippen molar-refractivity contribution in [3.05, 3.63) is 56.4 Å². The molecule has 0 saturated carbocycles. The van der Waals surface area contributed by atoms with Crippen LogP contribution in [0, 0.1) is 6.92 Å². The minimum absolute atomic E-state index is 0.0707. The number of carbonyl (C=O) groups is 1. The lowest BCUT2D eigenvalue weighted by Gasteiger charge is -2.14. The Kier molecular flexibility index (Phi) is 6.25. The third-order valence-corrected chi connectivity index (χ3v) is 3.83. The lowest BCUT2D eigenvalue weighted by Crippen LogP contribution is -2.24. The monoisotopic (exact) mass is 370 g/mol. The van der Waals surface area contributed by atoms with Gasteiger partial charge in [-0.15, -0.1) is 0 Å². The summed E-state index contributed by atoms with van der Waals surface area (Å²) in [5.41, 5.74) is 0.602. The molecule has 0 saturated heterocycles. The molecule has 6 nitrogen and oxygen atoms in total. The second kappa shape index (κ2) is 8.19. The van der Waals surface area contributed by atoms with E-state index in [9.17, 15) is 9.59 Å². The quantitative estimate of drug-likeness (QED) is 0.818. The molecular formula is C16H16Cl2N2O4. The van der Waals surface area contributed by atoms with Gasteiger partial charge in [0.15, 0.2) is 12.4 Å². The molecule has 2 aromatic rings. The molecular weight excluding hydrogens is 355 g/mol. The lowest BCUT2D eigenvalue weighted by atomic mass is 10.3. The molecule has 0 spiro atoms. The zero-order chi connectivity index (χ0) is 17.7. The Bertz CT molecular complexity index is 805. The molecule has 0 atom stereocenters. The number of ether oxygens (including phenoxy) is 1. The minimum Gasteiger partial charge on any atom is -0.478 e. The van der Waals surface area contributed by atoms with Gasteiger partial charge < -0.3 is 19.7 Å². The van der Waals surface area contributed by atoms with E-state index in [2.05, 4.69) is 5.32 Å². The van der Waals surface area contributed by atoms with Crippen molar-refractivity contribution in [2.24, 2.45) is 0 Å². The van der Waals surface area contributed by atoms with Crippen LogP contribution in [0.4, 0.5) is 5.69 Å². The van der Waals surface area contributed by atoms with Gasteiger partial charge in [-0.2, -0.15) is 0 Å². The van der Waals surface area contributed by atoms with Crippen molar-refractivity contribution in [3.8, 4) is 5.75 Å². The number of hydrogen-bond donors (Lipinski definition) is 2. The highest BCUT2D eigenvalue weighted by atomic mass is 35.5. The molecule has 1 aromatic heterocycles. The largest absolute Gasteiger partial charge is 0.478 e. The zero-order valence-corrected chi connectivity index (χ0v) is 14.4. The van der Waals surface area contributed by atoms with E-state index in [0.29, 0.717) is 28.0 Å². The number of anilines is 1. The molecule has 0 aliphatic rings. The predicted molar refractivity (Wildman–Crippen MR) is 93.1 cm³/mol. The Morgan fingerprint density at radius 1 is 1.33 bits per heavy atom. The summed E-state index contributed by atoms with van der Waals surface area (Å²) in [6.07, 6.45) is 1.56. The second-order valence-corrected chi connectivity index (χ2v) is 5.82. The van der Waals surface area contributed by atoms with E-state index < -0.39 is 5.91 Å². The fourth-order valence-electron chi connectivity index (χ4n) is 2.09. The summed E-state index contributed by atoms with van der Waals surface area (Å²) in [7, 11) is 0. The molecule has 2 N–H and O–H groups in total. The van der Waals surface area contributed by atoms with Gasteiger partial charge >= 0.3 is 0 Å². The predicted octanol–water partition coefficient (Wildman–Crippen LogP) is 2.47. The van der Waals surface area contributed by atoms with Crippen LogP contribution in [0.2, 0.25) is 10.0 Å². The van der Waals surface area contributed by atoms with Gasteiger partial charge in [0.2, 0.25) is 5.43 Å². The van der Waals surface area contributed by atoms with Crippen molar-refractivity contribution >= 4 is 34.8 Å². The highest BCUT2D eigenvalue weighted by Crippen LogP contribution is 2.25. The molecule has 8 heteroatoms. The maximum absolute atomic E-state index is 12.0. The van der Waals surface area contributed by atoms with Crippen LogP contribution >= 0.6 is 23.2 Å². The van der Waals surface area contributed by atoms with E-state index in [4.69, 9.17) is 33.0 Å². The molecule has 1 amide bonds. The fraction of sp³-hybridized carbons (Fsp3) is 0.250. The average molecular weight is 371 g/mol. The van der Waals surface area contributed by atoms with Crippen LogP contribution < -0.4 is 15.5 Å². The number of nitrogens with zero attached hydrogens (tertiary/aromatic N) is 1. The standard InChI is InChI=1S/C16H16Cl2N2O4/c1-10-16(14(22)4-5-20(10)6-7-21)24-9-15(23)19-13-3-2-11(17)8-12(13)18/h2-5,8,21H,6-7,9H2,1H3,(H,19,23). The van der Waals surface area contributed by atoms with Crippen molar-refractivity contribution in [2.45, 2.75) is 13.5 Å². The highest BCUT2D eigenvalue weighted by molar-refractivity contribution is 6.36. The summed E-state index contributed by atoms with van der Waals surface area (Å²) in [6, 6.07) is 6.00. The van der Waals surface area contributed by atoms with Crippen molar-refractivity contribution < 1.29 is 14.6 Å². The molecule has 0 aliphatic carbocycles. The Labute approximate surface area is 148 Å². The summed E-state index contributed by atoms with van der Waals surface area (Å²) in [5.74, 6) is -0.390. The fourth-order valence-corrected chi connectivity index (χ4v) is 2.55. The van der Waals surface area contributed by atoms with Gasteiger partial charge in [0.05, 0.1) is 23.0 Å². The third-order valence-electron chi connectivity index (χ3n) is 3.28. The van der Waals surface area contributed by atoms with E-state index in [1.807, 2.05) is 0 Å². The number of carbonyl (C=O) groups excluding carboxylic acids is 1. The summed E-state index contributed by atoms with van der Waals surface area (Å²) in [5, 5.41) is 12.3. The Hall–Kier alpha value is -2.02. The number of aliphatic hydroxyl groups excluding tert-OH is 1. The molecule has 0 fully saturated rings. The molecule has 128 valence electrons. The first kappa shape index (κ1) is 18.3. The summed E-state index contributed by atoms with van der Waals surface area (Å²) < 4.78 is 7.03. The number of aromatic nitrogens is 1. The number of aliphatic hydroxyl groups is 1. The van der Waals surface area contributed by atoms with Crippen LogP contribution in [-0.4, -0.2) is 28.8 Å². The first-order valence-corrected chi connectivity index (χ1v) is 7.86. The van der Waals surface area contributed by atoms with Gasteiger partial charge in [-0.05, 0) is 25.1 Å². The minimum atomic E-state index is -0.462. The van der Waals surface area contributed by atoms with Gasteiger partial charge in [-0.1, -0.05) is 23.2 Å². The number of hydrogen-bond acceptors (Lipinski definition) is 4. The molecule has 0 radical (unpaired) electrons. The molecule has 0 bridgehead atoms. The number of halogens is 2. The van der Waals surface area contributed by atoms with Crippen LogP contribution in [-0.2, 0) is 11.3 Å². The number of amides is 1. The van der Waals surface area contributed by atoms with Crippen LogP contribution in [0.15, 0.2) is 35.3 Å². The summed E-state index contributed by atoms with van der Waals surface area (Å²) >= 11 is 11.8. The topological polar surface area (TPSA) is 80.6 Å². The van der Waals surface area contributed by atoms with E-state index in [1.165, 1.54) is 12.1 Å². The zero-order valence-electron chi connectivity index (χ0n) is 12.9. The van der Waals surface area contributed by atoms with Gasteiger partial charge in [0.1, 0.15) is 0 Å². The van der Waals surface area contributed by atoms with Gasteiger partial charge in [-0.25, -0.2) is 0 Å². The molecule has 1 heterocycles. The van der Waals surface area contributed by atoms with E-state index in [1.54, 1.807) is 29.8 Å². The van der Waals surface area contributed by atoms with Crippen molar-refractivity contribution in [1.82, 2.24) is 4.57 Å². The van der Waals surface area contributed by atoms with Crippen molar-refractivity contribution in [1.29, 1.82) is 0 Å². The summed E-state index contributed by atoms with van der Waals surface area (Å²) in [4.78, 5) is 23.9. The maximum atomic E-state index is 12.0. The summed E-state index contributed by atoms with van der Waals surface area (Å²) in [6.45, 7) is 1.59. The highest BCUT2D eigenvalue weighted by Gasteiger charge is 2.12. The van der Waals surface area contributed by atoms with Crippen LogP contribution in [0.1, 0.15) is 5.69 Å². The SMILES string of the molecule is Cc1c(OCC(=O)Nc2ccc(Cl)cc2Cl)c(=O)ccn1CCO. The van der Waals surface area contributed by atoms with E-state index in [-0.39, 0.29) is 24.4 Å². The van der Waals surface area contributed by atoms with Crippen LogP contribution in [0.25, 0.3) is 0 Å². The van der Waals surface area contributed by atoms with Gasteiger partial charge in [0, 0.05) is 23.8 Å². The average Bonchev–Trinajstić information content (AvgIpc) is 2.53. The first-order chi connectivity index (χ1) is 11.4. The number of rotatable bonds is 6. The molecule has 1 aromatic carbocycles. The number of pyridine rings is 1. The van der Waals surface area contributed by atoms with Crippen molar-refractivity contribution in [3.63, 3.8) is 0 Å². The number of nitrogens with one attached hydrogen (secondary N) is 1. The van der Waals surface area contributed by atoms with Crippen LogP contribution in [0.3, 0.4) is 0 Å². The maximum Gasteiger partial charge on any atom is 0.262 e. The normalized spacial score (nSPS) is 10.5. The molecule has 24 heavy (non-hydrogen) atoms. The van der Waals surface area contributed by atoms with Gasteiger partial charge in [0.25, 0.3) is 5.91 Å². The Morgan fingerprint density at radius 3 is 2.75 bits per heavy atom. The Balaban J connectivity index is 2.06. The lowest BCUT2D eigenvalue weighted by molar-refractivity contribution is -0.118. The van der Waals surface area contributed by atoms with E-state index >= 15 is 0 Å². The Morgan fingerprint density at radius 2 is 2.08 bits per heavy atom.